The van der Waals surface area contributed by atoms with E-state index >= 15 is 0 Å². The van der Waals surface area contributed by atoms with E-state index in [-0.39, 0.29) is 0 Å². The van der Waals surface area contributed by atoms with Crippen LogP contribution >= 0.6 is 23.2 Å². The molecule has 0 spiro atoms. The van der Waals surface area contributed by atoms with E-state index in [9.17, 15) is 0 Å². The van der Waals surface area contributed by atoms with Crippen LogP contribution in [0.15, 0.2) is 12.1 Å². The van der Waals surface area contributed by atoms with Crippen molar-refractivity contribution in [3.8, 4) is 0 Å². The molecule has 0 amide bonds. The summed E-state index contributed by atoms with van der Waals surface area (Å²) in [4.78, 5) is 4.28. The zero-order valence-electron chi connectivity index (χ0n) is 12.8. The number of fused-ring (bicyclic) bond motifs is 1. The van der Waals surface area contributed by atoms with Crippen molar-refractivity contribution < 1.29 is 0 Å². The van der Waals surface area contributed by atoms with Gasteiger partial charge in [-0.2, -0.15) is 5.10 Å². The third kappa shape index (κ3) is 4.10. The van der Waals surface area contributed by atoms with Gasteiger partial charge in [-0.25, -0.2) is 9.50 Å². The molecular weight excluding hydrogens is 305 g/mol. The quantitative estimate of drug-likeness (QED) is 0.611. The molecule has 2 aromatic rings. The highest BCUT2D eigenvalue weighted by molar-refractivity contribution is 6.33. The predicted octanol–water partition coefficient (Wildman–Crippen LogP) is 5.89. The van der Waals surface area contributed by atoms with Gasteiger partial charge in [0.2, 0.25) is 0 Å². The minimum Gasteiger partial charge on any atom is -0.217 e. The summed E-state index contributed by atoms with van der Waals surface area (Å²) in [5, 5.41) is 5.55. The molecule has 0 radical (unpaired) electrons. The lowest BCUT2D eigenvalue weighted by Gasteiger charge is -2.17. The second-order valence-electron chi connectivity index (χ2n) is 5.28. The van der Waals surface area contributed by atoms with Crippen LogP contribution in [0.2, 0.25) is 10.3 Å². The van der Waals surface area contributed by atoms with Gasteiger partial charge in [0.25, 0.3) is 0 Å². The third-order valence-electron chi connectivity index (χ3n) is 3.89. The highest BCUT2D eigenvalue weighted by atomic mass is 35.5. The molecule has 3 rings (SSSR count). The van der Waals surface area contributed by atoms with Crippen molar-refractivity contribution in [3.05, 3.63) is 28.1 Å². The minimum atomic E-state index is 0.418. The van der Waals surface area contributed by atoms with Crippen molar-refractivity contribution in [2.45, 2.75) is 64.7 Å². The molecule has 3 nitrogen and oxygen atoms in total. The van der Waals surface area contributed by atoms with Crippen molar-refractivity contribution >= 4 is 28.8 Å². The standard InChI is InChI=1S/C14H17Cl2N3.C2H6/c15-12-9-13(16)19-14(17-12)8-11(18-19)10-6-4-2-1-3-5-7-10;1-2/h8-10H,1-7H2;1-2H3. The fourth-order valence-electron chi connectivity index (χ4n) is 2.88. The Balaban J connectivity index is 0.000000774. The molecule has 0 aromatic carbocycles. The molecule has 1 aliphatic carbocycles. The molecule has 0 N–H and O–H groups in total. The van der Waals surface area contributed by atoms with Gasteiger partial charge in [-0.15, -0.1) is 0 Å². The molecule has 0 atom stereocenters. The van der Waals surface area contributed by atoms with Crippen LogP contribution in [0.5, 0.6) is 0 Å². The molecule has 2 aromatic heterocycles. The summed E-state index contributed by atoms with van der Waals surface area (Å²) in [5.41, 5.74) is 1.85. The van der Waals surface area contributed by atoms with E-state index in [1.807, 2.05) is 19.9 Å². The Morgan fingerprint density at radius 3 is 2.29 bits per heavy atom. The Labute approximate surface area is 136 Å². The third-order valence-corrected chi connectivity index (χ3v) is 4.36. The average molecular weight is 328 g/mol. The first-order chi connectivity index (χ1) is 10.2. The van der Waals surface area contributed by atoms with Crippen molar-refractivity contribution in [1.29, 1.82) is 0 Å². The normalized spacial score (nSPS) is 17.0. The van der Waals surface area contributed by atoms with Gasteiger partial charge in [0.15, 0.2) is 5.65 Å². The summed E-state index contributed by atoms with van der Waals surface area (Å²) in [7, 11) is 0. The van der Waals surface area contributed by atoms with Gasteiger partial charge in [-0.05, 0) is 12.8 Å². The van der Waals surface area contributed by atoms with Gasteiger partial charge in [0.1, 0.15) is 10.3 Å². The van der Waals surface area contributed by atoms with Crippen LogP contribution in [0.4, 0.5) is 0 Å². The van der Waals surface area contributed by atoms with Gasteiger partial charge >= 0.3 is 0 Å². The molecule has 0 aliphatic heterocycles. The molecule has 5 heteroatoms. The summed E-state index contributed by atoms with van der Waals surface area (Å²) in [5.74, 6) is 0.539. The van der Waals surface area contributed by atoms with Crippen LogP contribution < -0.4 is 0 Å². The number of aromatic nitrogens is 3. The maximum Gasteiger partial charge on any atom is 0.158 e. The van der Waals surface area contributed by atoms with Crippen molar-refractivity contribution in [2.75, 3.05) is 0 Å². The molecule has 1 aliphatic rings. The number of halogens is 2. The van der Waals surface area contributed by atoms with Crippen LogP contribution in [-0.4, -0.2) is 14.6 Å². The minimum absolute atomic E-state index is 0.418. The van der Waals surface area contributed by atoms with E-state index in [4.69, 9.17) is 23.2 Å². The molecule has 21 heavy (non-hydrogen) atoms. The summed E-state index contributed by atoms with van der Waals surface area (Å²) >= 11 is 12.1. The first kappa shape index (κ1) is 16.6. The smallest absolute Gasteiger partial charge is 0.158 e. The largest absolute Gasteiger partial charge is 0.217 e. The zero-order chi connectivity index (χ0) is 15.2. The van der Waals surface area contributed by atoms with E-state index in [1.54, 1.807) is 10.6 Å². The van der Waals surface area contributed by atoms with Crippen LogP contribution in [0, 0.1) is 0 Å². The fraction of sp³-hybridized carbons (Fsp3) is 0.625. The molecular formula is C16H23Cl2N3. The van der Waals surface area contributed by atoms with Crippen LogP contribution in [0.25, 0.3) is 5.65 Å². The number of hydrogen-bond acceptors (Lipinski definition) is 2. The van der Waals surface area contributed by atoms with Gasteiger partial charge in [-0.3, -0.25) is 0 Å². The Bertz CT molecular complexity index is 572. The molecule has 1 saturated carbocycles. The maximum atomic E-state index is 6.15. The van der Waals surface area contributed by atoms with Crippen molar-refractivity contribution in [3.63, 3.8) is 0 Å². The fourth-order valence-corrected chi connectivity index (χ4v) is 3.35. The molecule has 0 saturated heterocycles. The Morgan fingerprint density at radius 1 is 1.00 bits per heavy atom. The summed E-state index contributed by atoms with van der Waals surface area (Å²) in [6.07, 6.45) is 9.08. The molecule has 0 unspecified atom stereocenters. The van der Waals surface area contributed by atoms with E-state index in [0.29, 0.717) is 16.2 Å². The molecule has 0 bridgehead atoms. The summed E-state index contributed by atoms with van der Waals surface area (Å²) in [6.45, 7) is 4.00. The van der Waals surface area contributed by atoms with Gasteiger partial charge in [-0.1, -0.05) is 69.2 Å². The summed E-state index contributed by atoms with van der Waals surface area (Å²) in [6, 6.07) is 3.66. The van der Waals surface area contributed by atoms with Crippen molar-refractivity contribution in [2.24, 2.45) is 0 Å². The van der Waals surface area contributed by atoms with E-state index in [1.165, 1.54) is 44.9 Å². The lowest BCUT2D eigenvalue weighted by atomic mass is 9.89. The Hall–Kier alpha value is -0.800. The van der Waals surface area contributed by atoms with Crippen LogP contribution in [-0.2, 0) is 0 Å². The zero-order valence-corrected chi connectivity index (χ0v) is 14.3. The lowest BCUT2D eigenvalue weighted by Crippen LogP contribution is -2.03. The second kappa shape index (κ2) is 8.00. The molecule has 2 heterocycles. The average Bonchev–Trinajstić information content (AvgIpc) is 2.84. The van der Waals surface area contributed by atoms with Gasteiger partial charge in [0.05, 0.1) is 5.69 Å². The van der Waals surface area contributed by atoms with Crippen molar-refractivity contribution in [1.82, 2.24) is 14.6 Å². The van der Waals surface area contributed by atoms with Gasteiger partial charge in [0, 0.05) is 18.1 Å². The first-order valence-electron chi connectivity index (χ1n) is 7.96. The van der Waals surface area contributed by atoms with Crippen LogP contribution in [0.1, 0.15) is 70.4 Å². The van der Waals surface area contributed by atoms with Gasteiger partial charge < -0.3 is 0 Å². The number of hydrogen-bond donors (Lipinski definition) is 0. The van der Waals surface area contributed by atoms with Crippen LogP contribution in [0.3, 0.4) is 0 Å². The van der Waals surface area contributed by atoms with E-state index < -0.39 is 0 Å². The van der Waals surface area contributed by atoms with E-state index in [2.05, 4.69) is 10.1 Å². The highest BCUT2D eigenvalue weighted by Crippen LogP contribution is 2.31. The molecule has 1 fully saturated rings. The maximum absolute atomic E-state index is 6.15. The highest BCUT2D eigenvalue weighted by Gasteiger charge is 2.18. The monoisotopic (exact) mass is 327 g/mol. The summed E-state index contributed by atoms with van der Waals surface area (Å²) < 4.78 is 1.68. The topological polar surface area (TPSA) is 30.2 Å². The second-order valence-corrected chi connectivity index (χ2v) is 6.06. The molecule has 116 valence electrons. The van der Waals surface area contributed by atoms with E-state index in [0.717, 1.165) is 11.3 Å². The Kier molecular flexibility index (Phi) is 6.31. The lowest BCUT2D eigenvalue weighted by molar-refractivity contribution is 0.448. The SMILES string of the molecule is CC.Clc1cc(Cl)n2nc(C3CCCCCCC3)cc2n1. The number of nitrogens with zero attached hydrogens (tertiary/aromatic N) is 3. The predicted molar refractivity (Wildman–Crippen MR) is 89.4 cm³/mol. The number of rotatable bonds is 1. The Morgan fingerprint density at radius 2 is 1.62 bits per heavy atom. The first-order valence-corrected chi connectivity index (χ1v) is 8.71.